The number of rotatable bonds is 7. The number of fused-ring (bicyclic) bond motifs is 3. The van der Waals surface area contributed by atoms with Crippen LogP contribution in [-0.2, 0) is 34.4 Å². The van der Waals surface area contributed by atoms with Gasteiger partial charge in [-0.1, -0.05) is 11.2 Å². The lowest BCUT2D eigenvalue weighted by Gasteiger charge is -2.18. The molecule has 1 aliphatic rings. The molecule has 1 aromatic carbocycles. The molecule has 158 valence electrons. The summed E-state index contributed by atoms with van der Waals surface area (Å²) in [5.74, 6) is 0. The molecule has 0 spiro atoms. The predicted molar refractivity (Wildman–Crippen MR) is 115 cm³/mol. The van der Waals surface area contributed by atoms with Gasteiger partial charge in [-0.15, -0.1) is 0 Å². The Morgan fingerprint density at radius 3 is 2.87 bits per heavy atom. The van der Waals surface area contributed by atoms with E-state index in [4.69, 9.17) is 4.84 Å². The van der Waals surface area contributed by atoms with E-state index < -0.39 is 10.2 Å². The minimum atomic E-state index is -3.51. The summed E-state index contributed by atoms with van der Waals surface area (Å²) in [4.78, 5) is 13.4. The second kappa shape index (κ2) is 8.13. The smallest absolute Gasteiger partial charge is 0.279 e. The van der Waals surface area contributed by atoms with Crippen LogP contribution in [0.4, 0.5) is 0 Å². The molecular formula is C20H24N6O3S. The Morgan fingerprint density at radius 2 is 2.17 bits per heavy atom. The molecule has 3 aromatic rings. The Hall–Kier alpha value is -2.82. The summed E-state index contributed by atoms with van der Waals surface area (Å²) in [6, 6.07) is 5.91. The van der Waals surface area contributed by atoms with Crippen molar-refractivity contribution in [2.45, 2.75) is 25.4 Å². The minimum absolute atomic E-state index is 0.198. The third-order valence-corrected chi connectivity index (χ3v) is 6.83. The van der Waals surface area contributed by atoms with Gasteiger partial charge in [0.05, 0.1) is 24.7 Å². The van der Waals surface area contributed by atoms with Crippen molar-refractivity contribution in [1.29, 1.82) is 0 Å². The average Bonchev–Trinajstić information content (AvgIpc) is 3.24. The summed E-state index contributed by atoms with van der Waals surface area (Å²) in [5, 5.41) is 4.94. The zero-order valence-electron chi connectivity index (χ0n) is 17.1. The third-order valence-electron chi connectivity index (χ3n) is 5.24. The first-order valence-electron chi connectivity index (χ1n) is 9.54. The standard InChI is InChI=1S/C20H24N6O3S/c1-25(2)30(27,28)24-15-9-18-17-8-14(11-23-29-3)4-5-19(17)26(20(18)10-15)13-16-12-21-6-7-22-16/h4-8,11-12,15,24H,9-10,13H2,1-3H3. The summed E-state index contributed by atoms with van der Waals surface area (Å²) in [6.07, 6.45) is 7.96. The van der Waals surface area contributed by atoms with Gasteiger partial charge in [0.15, 0.2) is 0 Å². The molecule has 30 heavy (non-hydrogen) atoms. The van der Waals surface area contributed by atoms with Gasteiger partial charge in [-0.2, -0.15) is 17.4 Å². The highest BCUT2D eigenvalue weighted by molar-refractivity contribution is 7.87. The fourth-order valence-electron chi connectivity index (χ4n) is 3.86. The van der Waals surface area contributed by atoms with Crippen molar-refractivity contribution in [2.24, 2.45) is 5.16 Å². The van der Waals surface area contributed by atoms with E-state index in [-0.39, 0.29) is 6.04 Å². The Bertz CT molecular complexity index is 1190. The molecule has 9 nitrogen and oxygen atoms in total. The van der Waals surface area contributed by atoms with Crippen molar-refractivity contribution < 1.29 is 13.3 Å². The average molecular weight is 429 g/mol. The van der Waals surface area contributed by atoms with Crippen LogP contribution in [0.5, 0.6) is 0 Å². The molecule has 0 bridgehead atoms. The van der Waals surface area contributed by atoms with Crippen molar-refractivity contribution in [3.8, 4) is 0 Å². The van der Waals surface area contributed by atoms with Crippen LogP contribution in [0.25, 0.3) is 10.9 Å². The van der Waals surface area contributed by atoms with Gasteiger partial charge in [-0.3, -0.25) is 9.97 Å². The van der Waals surface area contributed by atoms with Crippen LogP contribution in [0.15, 0.2) is 41.9 Å². The van der Waals surface area contributed by atoms with E-state index in [1.807, 2.05) is 6.07 Å². The lowest BCUT2D eigenvalue weighted by atomic mass is 10.1. The van der Waals surface area contributed by atoms with Crippen LogP contribution in [0.3, 0.4) is 0 Å². The molecule has 1 aliphatic carbocycles. The Kier molecular flexibility index (Phi) is 5.54. The van der Waals surface area contributed by atoms with Gasteiger partial charge in [-0.05, 0) is 29.7 Å². The molecule has 1 atom stereocenters. The summed E-state index contributed by atoms with van der Waals surface area (Å²) in [7, 11) is 1.04. The summed E-state index contributed by atoms with van der Waals surface area (Å²) in [5.41, 5.74) is 5.10. The number of hydrogen-bond donors (Lipinski definition) is 1. The SMILES string of the molecule is CON=Cc1ccc2c(c1)c1c(n2Cc2cnccn2)CC(NS(=O)(=O)N(C)C)C1. The normalized spacial score (nSPS) is 16.6. The molecule has 1 N–H and O–H groups in total. The monoisotopic (exact) mass is 428 g/mol. The van der Waals surface area contributed by atoms with Crippen LogP contribution < -0.4 is 4.72 Å². The lowest BCUT2D eigenvalue weighted by Crippen LogP contribution is -2.42. The van der Waals surface area contributed by atoms with E-state index in [9.17, 15) is 8.42 Å². The largest absolute Gasteiger partial charge is 0.399 e. The van der Waals surface area contributed by atoms with E-state index in [1.165, 1.54) is 25.5 Å². The lowest BCUT2D eigenvalue weighted by molar-refractivity contribution is 0.215. The number of nitrogens with zero attached hydrogens (tertiary/aromatic N) is 5. The highest BCUT2D eigenvalue weighted by Gasteiger charge is 2.31. The van der Waals surface area contributed by atoms with E-state index in [0.29, 0.717) is 19.4 Å². The van der Waals surface area contributed by atoms with Gasteiger partial charge < -0.3 is 9.40 Å². The maximum Gasteiger partial charge on any atom is 0.279 e. The molecule has 1 unspecified atom stereocenters. The van der Waals surface area contributed by atoms with Gasteiger partial charge in [0.2, 0.25) is 0 Å². The molecule has 0 saturated heterocycles. The number of nitrogens with one attached hydrogen (secondary N) is 1. The topological polar surface area (TPSA) is 102 Å². The first-order chi connectivity index (χ1) is 14.4. The quantitative estimate of drug-likeness (QED) is 0.452. The van der Waals surface area contributed by atoms with Crippen LogP contribution in [0.2, 0.25) is 0 Å². The first-order valence-corrected chi connectivity index (χ1v) is 11.0. The molecule has 0 aliphatic heterocycles. The predicted octanol–water partition coefficient (Wildman–Crippen LogP) is 1.32. The zero-order valence-corrected chi connectivity index (χ0v) is 17.9. The minimum Gasteiger partial charge on any atom is -0.399 e. The second-order valence-corrected chi connectivity index (χ2v) is 9.33. The number of aromatic nitrogens is 3. The summed E-state index contributed by atoms with van der Waals surface area (Å²) >= 11 is 0. The number of oxime groups is 1. The Morgan fingerprint density at radius 1 is 1.33 bits per heavy atom. The molecule has 2 heterocycles. The Balaban J connectivity index is 1.76. The first kappa shape index (κ1) is 20.5. The summed E-state index contributed by atoms with van der Waals surface area (Å²) < 4.78 is 30.9. The molecule has 0 amide bonds. The fraction of sp³-hybridized carbons (Fsp3) is 0.350. The van der Waals surface area contributed by atoms with Crippen molar-refractivity contribution in [1.82, 2.24) is 23.6 Å². The van der Waals surface area contributed by atoms with Crippen LogP contribution in [0.1, 0.15) is 22.5 Å². The van der Waals surface area contributed by atoms with E-state index in [2.05, 4.69) is 36.5 Å². The van der Waals surface area contributed by atoms with Gasteiger partial charge >= 0.3 is 0 Å². The van der Waals surface area contributed by atoms with Crippen molar-refractivity contribution in [3.05, 3.63) is 59.3 Å². The molecule has 10 heteroatoms. The van der Waals surface area contributed by atoms with Crippen LogP contribution in [-0.4, -0.2) is 60.7 Å². The van der Waals surface area contributed by atoms with E-state index in [0.717, 1.165) is 33.4 Å². The number of benzene rings is 1. The Labute approximate surface area is 175 Å². The molecule has 0 fully saturated rings. The van der Waals surface area contributed by atoms with E-state index >= 15 is 0 Å². The van der Waals surface area contributed by atoms with E-state index in [1.54, 1.807) is 24.8 Å². The second-order valence-electron chi connectivity index (χ2n) is 7.41. The van der Waals surface area contributed by atoms with Crippen molar-refractivity contribution >= 4 is 27.3 Å². The maximum atomic E-state index is 12.3. The molecule has 4 rings (SSSR count). The fourth-order valence-corrected chi connectivity index (χ4v) is 4.65. The van der Waals surface area contributed by atoms with Crippen LogP contribution in [0, 0.1) is 0 Å². The zero-order chi connectivity index (χ0) is 21.3. The van der Waals surface area contributed by atoms with Gasteiger partial charge in [-0.25, -0.2) is 0 Å². The number of hydrogen-bond acceptors (Lipinski definition) is 6. The van der Waals surface area contributed by atoms with Gasteiger partial charge in [0.25, 0.3) is 10.2 Å². The van der Waals surface area contributed by atoms with Crippen molar-refractivity contribution in [3.63, 3.8) is 0 Å². The third kappa shape index (κ3) is 3.93. The molecular weight excluding hydrogens is 404 g/mol. The molecule has 0 radical (unpaired) electrons. The maximum absolute atomic E-state index is 12.3. The van der Waals surface area contributed by atoms with Crippen molar-refractivity contribution in [2.75, 3.05) is 21.2 Å². The highest BCUT2D eigenvalue weighted by Crippen LogP contribution is 2.34. The highest BCUT2D eigenvalue weighted by atomic mass is 32.2. The van der Waals surface area contributed by atoms with Crippen LogP contribution >= 0.6 is 0 Å². The summed E-state index contributed by atoms with van der Waals surface area (Å²) in [6.45, 7) is 0.568. The molecule has 2 aromatic heterocycles. The van der Waals surface area contributed by atoms with Gasteiger partial charge in [0.1, 0.15) is 7.11 Å². The van der Waals surface area contributed by atoms with Gasteiger partial charge in [0, 0.05) is 55.5 Å². The molecule has 0 saturated carbocycles.